The highest BCUT2D eigenvalue weighted by atomic mass is 16.5. The zero-order valence-corrected chi connectivity index (χ0v) is 15.5. The van der Waals surface area contributed by atoms with Gasteiger partial charge >= 0.3 is 0 Å². The average Bonchev–Trinajstić information content (AvgIpc) is 3.09. The lowest BCUT2D eigenvalue weighted by molar-refractivity contribution is -0.0432. The molecule has 2 heterocycles. The fourth-order valence-corrected chi connectivity index (χ4v) is 3.20. The second kappa shape index (κ2) is 8.61. The Balaban J connectivity index is 1.59. The molecule has 0 aliphatic carbocycles. The van der Waals surface area contributed by atoms with Crippen LogP contribution in [0.1, 0.15) is 37.3 Å². The van der Waals surface area contributed by atoms with Gasteiger partial charge in [-0.15, -0.1) is 0 Å². The first-order chi connectivity index (χ1) is 12.2. The first-order valence-electron chi connectivity index (χ1n) is 9.12. The van der Waals surface area contributed by atoms with Gasteiger partial charge in [0.05, 0.1) is 24.6 Å². The van der Waals surface area contributed by atoms with E-state index in [1.165, 1.54) is 11.1 Å². The summed E-state index contributed by atoms with van der Waals surface area (Å²) in [7, 11) is 1.74. The molecule has 136 valence electrons. The molecule has 0 bridgehead atoms. The molecular weight excluding hydrogens is 314 g/mol. The molecule has 2 aromatic rings. The number of nitrogens with zero attached hydrogens (tertiary/aromatic N) is 3. The quantitative estimate of drug-likeness (QED) is 0.774. The molecule has 25 heavy (non-hydrogen) atoms. The van der Waals surface area contributed by atoms with Crippen molar-refractivity contribution in [3.63, 3.8) is 0 Å². The molecule has 0 N–H and O–H groups in total. The number of hydrogen-bond acceptors (Lipinski definition) is 4. The van der Waals surface area contributed by atoms with Gasteiger partial charge in [-0.25, -0.2) is 4.68 Å². The SMILES string of the molecule is COCC[C@@H]1CN(Cc2cnn(-c3ccc(C(C)C)cc3)c2)CCO1. The molecule has 5 nitrogen and oxygen atoms in total. The van der Waals surface area contributed by atoms with Crippen molar-refractivity contribution in [1.29, 1.82) is 0 Å². The van der Waals surface area contributed by atoms with Gasteiger partial charge in [0.25, 0.3) is 0 Å². The van der Waals surface area contributed by atoms with Crippen LogP contribution in [0.5, 0.6) is 0 Å². The topological polar surface area (TPSA) is 39.5 Å². The van der Waals surface area contributed by atoms with E-state index < -0.39 is 0 Å². The number of aromatic nitrogens is 2. The maximum atomic E-state index is 5.81. The van der Waals surface area contributed by atoms with Crippen LogP contribution in [0.3, 0.4) is 0 Å². The summed E-state index contributed by atoms with van der Waals surface area (Å²) in [4.78, 5) is 2.44. The maximum absolute atomic E-state index is 5.81. The summed E-state index contributed by atoms with van der Waals surface area (Å²) >= 11 is 0. The maximum Gasteiger partial charge on any atom is 0.0724 e. The second-order valence-electron chi connectivity index (χ2n) is 7.05. The lowest BCUT2D eigenvalue weighted by atomic mass is 10.0. The highest BCUT2D eigenvalue weighted by molar-refractivity contribution is 5.35. The van der Waals surface area contributed by atoms with Gasteiger partial charge in [-0.3, -0.25) is 4.90 Å². The Morgan fingerprint density at radius 3 is 2.80 bits per heavy atom. The highest BCUT2D eigenvalue weighted by Crippen LogP contribution is 2.18. The van der Waals surface area contributed by atoms with Crippen LogP contribution in [0.25, 0.3) is 5.69 Å². The van der Waals surface area contributed by atoms with Crippen molar-refractivity contribution in [2.24, 2.45) is 0 Å². The van der Waals surface area contributed by atoms with Crippen molar-refractivity contribution >= 4 is 0 Å². The number of morpholine rings is 1. The van der Waals surface area contributed by atoms with E-state index in [0.717, 1.165) is 45.0 Å². The van der Waals surface area contributed by atoms with E-state index in [1.54, 1.807) is 7.11 Å². The van der Waals surface area contributed by atoms with Gasteiger partial charge in [-0.1, -0.05) is 26.0 Å². The zero-order valence-electron chi connectivity index (χ0n) is 15.5. The van der Waals surface area contributed by atoms with E-state index in [9.17, 15) is 0 Å². The van der Waals surface area contributed by atoms with Gasteiger partial charge < -0.3 is 9.47 Å². The number of benzene rings is 1. The van der Waals surface area contributed by atoms with Gasteiger partial charge in [0.2, 0.25) is 0 Å². The Morgan fingerprint density at radius 2 is 2.08 bits per heavy atom. The summed E-state index contributed by atoms with van der Waals surface area (Å²) in [6.07, 6.45) is 5.32. The van der Waals surface area contributed by atoms with E-state index in [2.05, 4.69) is 54.3 Å². The van der Waals surface area contributed by atoms with Crippen LogP contribution >= 0.6 is 0 Å². The first kappa shape index (κ1) is 18.1. The Bertz CT molecular complexity index is 651. The van der Waals surface area contributed by atoms with E-state index in [0.29, 0.717) is 5.92 Å². The Labute approximate surface area is 150 Å². The number of rotatable bonds is 7. The molecule has 3 rings (SSSR count). The molecule has 1 aromatic carbocycles. The van der Waals surface area contributed by atoms with Gasteiger partial charge in [0, 0.05) is 45.1 Å². The molecule has 1 fully saturated rings. The van der Waals surface area contributed by atoms with Crippen molar-refractivity contribution in [3.8, 4) is 5.69 Å². The van der Waals surface area contributed by atoms with Crippen molar-refractivity contribution < 1.29 is 9.47 Å². The van der Waals surface area contributed by atoms with Gasteiger partial charge in [-0.05, 0) is 30.0 Å². The monoisotopic (exact) mass is 343 g/mol. The van der Waals surface area contributed by atoms with Gasteiger partial charge in [0.15, 0.2) is 0 Å². The molecule has 0 unspecified atom stereocenters. The molecule has 1 aliphatic rings. The van der Waals surface area contributed by atoms with Crippen molar-refractivity contribution in [1.82, 2.24) is 14.7 Å². The molecule has 1 saturated heterocycles. The zero-order chi connectivity index (χ0) is 17.6. The smallest absolute Gasteiger partial charge is 0.0724 e. The summed E-state index contributed by atoms with van der Waals surface area (Å²) in [5.41, 5.74) is 3.70. The molecular formula is C20H29N3O2. The van der Waals surface area contributed by atoms with Crippen LogP contribution < -0.4 is 0 Å². The molecule has 1 aromatic heterocycles. The fraction of sp³-hybridized carbons (Fsp3) is 0.550. The minimum Gasteiger partial charge on any atom is -0.385 e. The second-order valence-corrected chi connectivity index (χ2v) is 7.05. The summed E-state index contributed by atoms with van der Waals surface area (Å²) < 4.78 is 12.9. The highest BCUT2D eigenvalue weighted by Gasteiger charge is 2.20. The summed E-state index contributed by atoms with van der Waals surface area (Å²) in [6, 6.07) is 8.65. The third-order valence-electron chi connectivity index (χ3n) is 4.73. The van der Waals surface area contributed by atoms with Crippen LogP contribution in [-0.2, 0) is 16.0 Å². The minimum absolute atomic E-state index is 0.271. The lowest BCUT2D eigenvalue weighted by Crippen LogP contribution is -2.42. The standard InChI is InChI=1S/C20H29N3O2/c1-16(2)18-4-6-19(7-5-18)23-14-17(12-21-23)13-22-9-11-25-20(15-22)8-10-24-3/h4-7,12,14,16,20H,8-11,13,15H2,1-3H3/t20-/m1/s1. The number of hydrogen-bond donors (Lipinski definition) is 0. The third-order valence-corrected chi connectivity index (χ3v) is 4.73. The van der Waals surface area contributed by atoms with Crippen LogP contribution in [-0.4, -0.2) is 54.2 Å². The van der Waals surface area contributed by atoms with Crippen LogP contribution in [0.15, 0.2) is 36.7 Å². The average molecular weight is 343 g/mol. The molecule has 0 saturated carbocycles. The van der Waals surface area contributed by atoms with Crippen molar-refractivity contribution in [3.05, 3.63) is 47.8 Å². The Kier molecular flexibility index (Phi) is 6.24. The molecule has 1 aliphatic heterocycles. The minimum atomic E-state index is 0.271. The number of ether oxygens (including phenoxy) is 2. The largest absolute Gasteiger partial charge is 0.385 e. The normalized spacial score (nSPS) is 18.8. The Morgan fingerprint density at radius 1 is 1.28 bits per heavy atom. The summed E-state index contributed by atoms with van der Waals surface area (Å²) in [5.74, 6) is 0.551. The van der Waals surface area contributed by atoms with Gasteiger partial charge in [0.1, 0.15) is 0 Å². The third kappa shape index (κ3) is 4.91. The summed E-state index contributed by atoms with van der Waals surface area (Å²) in [6.45, 7) is 8.81. The summed E-state index contributed by atoms with van der Waals surface area (Å²) in [5, 5.41) is 4.53. The van der Waals surface area contributed by atoms with Crippen LogP contribution in [0.2, 0.25) is 0 Å². The molecule has 1 atom stereocenters. The fourth-order valence-electron chi connectivity index (χ4n) is 3.20. The van der Waals surface area contributed by atoms with Gasteiger partial charge in [-0.2, -0.15) is 5.10 Å². The predicted molar refractivity (Wildman–Crippen MR) is 99.2 cm³/mol. The van der Waals surface area contributed by atoms with Crippen LogP contribution in [0, 0.1) is 0 Å². The van der Waals surface area contributed by atoms with E-state index in [1.807, 2.05) is 10.9 Å². The first-order valence-corrected chi connectivity index (χ1v) is 9.12. The van der Waals surface area contributed by atoms with E-state index in [4.69, 9.17) is 9.47 Å². The predicted octanol–water partition coefficient (Wildman–Crippen LogP) is 3.23. The molecule has 0 spiro atoms. The van der Waals surface area contributed by atoms with E-state index >= 15 is 0 Å². The molecule has 0 radical (unpaired) electrons. The van der Waals surface area contributed by atoms with Crippen molar-refractivity contribution in [2.75, 3.05) is 33.4 Å². The molecule has 0 amide bonds. The van der Waals surface area contributed by atoms with Crippen molar-refractivity contribution in [2.45, 2.75) is 38.8 Å². The van der Waals surface area contributed by atoms with E-state index in [-0.39, 0.29) is 6.10 Å². The lowest BCUT2D eigenvalue weighted by Gasteiger charge is -2.32. The Hall–Kier alpha value is -1.69. The number of methoxy groups -OCH3 is 1. The molecule has 5 heteroatoms. The van der Waals surface area contributed by atoms with Crippen LogP contribution in [0.4, 0.5) is 0 Å².